The van der Waals surface area contributed by atoms with E-state index in [1.165, 1.54) is 25.7 Å². The molecule has 3 unspecified atom stereocenters. The van der Waals surface area contributed by atoms with Gasteiger partial charge in [-0.25, -0.2) is 0 Å². The van der Waals surface area contributed by atoms with Crippen molar-refractivity contribution >= 4 is 0 Å². The molecule has 15 heavy (non-hydrogen) atoms. The van der Waals surface area contributed by atoms with Crippen molar-refractivity contribution in [1.29, 1.82) is 0 Å². The van der Waals surface area contributed by atoms with Gasteiger partial charge in [-0.3, -0.25) is 0 Å². The van der Waals surface area contributed by atoms with E-state index in [0.717, 1.165) is 6.42 Å². The normalized spacial score (nSPS) is 42.2. The maximum absolute atomic E-state index is 10.6. The van der Waals surface area contributed by atoms with Crippen molar-refractivity contribution in [2.45, 2.75) is 65.4 Å². The Hall–Kier alpha value is -0.0400. The van der Waals surface area contributed by atoms with E-state index in [4.69, 9.17) is 0 Å². The van der Waals surface area contributed by atoms with Crippen molar-refractivity contribution in [1.82, 2.24) is 0 Å². The summed E-state index contributed by atoms with van der Waals surface area (Å²) in [5.41, 5.74) is 0.0602. The molecular weight excluding hydrogens is 184 g/mol. The number of aliphatic hydroxyl groups is 1. The molecule has 0 heterocycles. The van der Waals surface area contributed by atoms with Gasteiger partial charge in [0.1, 0.15) is 0 Å². The lowest BCUT2D eigenvalue weighted by molar-refractivity contribution is 0.0654. The van der Waals surface area contributed by atoms with Crippen LogP contribution in [0.5, 0.6) is 0 Å². The van der Waals surface area contributed by atoms with Gasteiger partial charge in [-0.2, -0.15) is 0 Å². The largest absolute Gasteiger partial charge is 0.389 e. The van der Waals surface area contributed by atoms with Crippen molar-refractivity contribution in [3.05, 3.63) is 0 Å². The second-order valence-corrected chi connectivity index (χ2v) is 6.96. The van der Waals surface area contributed by atoms with Crippen LogP contribution in [-0.4, -0.2) is 10.7 Å². The first-order valence-corrected chi connectivity index (χ1v) is 6.58. The molecule has 2 rings (SSSR count). The predicted octanol–water partition coefficient (Wildman–Crippen LogP) is 3.61. The van der Waals surface area contributed by atoms with Gasteiger partial charge in [0.15, 0.2) is 0 Å². The Bertz CT molecular complexity index is 226. The van der Waals surface area contributed by atoms with E-state index in [1.807, 2.05) is 0 Å². The topological polar surface area (TPSA) is 20.2 Å². The molecule has 0 bridgehead atoms. The van der Waals surface area contributed by atoms with Crippen LogP contribution in [0.25, 0.3) is 0 Å². The summed E-state index contributed by atoms with van der Waals surface area (Å²) in [6, 6.07) is 0. The summed E-state index contributed by atoms with van der Waals surface area (Å²) in [4.78, 5) is 0. The lowest BCUT2D eigenvalue weighted by Crippen LogP contribution is -2.25. The monoisotopic (exact) mass is 210 g/mol. The second-order valence-electron chi connectivity index (χ2n) is 6.96. The maximum atomic E-state index is 10.6. The van der Waals surface area contributed by atoms with Crippen molar-refractivity contribution < 1.29 is 5.11 Å². The van der Waals surface area contributed by atoms with E-state index in [9.17, 15) is 5.11 Å². The molecule has 0 spiro atoms. The molecule has 1 nitrogen and oxygen atoms in total. The molecule has 0 aliphatic heterocycles. The molecule has 0 aromatic rings. The summed E-state index contributed by atoms with van der Waals surface area (Å²) in [5, 5.41) is 10.6. The SMILES string of the molecule is CC(CC1(O)C2CCCCC21)C(C)(C)C. The molecule has 2 aliphatic carbocycles. The van der Waals surface area contributed by atoms with Crippen LogP contribution in [0.4, 0.5) is 0 Å². The first-order valence-electron chi connectivity index (χ1n) is 6.58. The fourth-order valence-corrected chi connectivity index (χ4v) is 3.32. The molecule has 1 heteroatoms. The third-order valence-corrected chi connectivity index (χ3v) is 5.05. The quantitative estimate of drug-likeness (QED) is 0.738. The lowest BCUT2D eigenvalue weighted by atomic mass is 9.78. The Balaban J connectivity index is 1.95. The van der Waals surface area contributed by atoms with Gasteiger partial charge in [0.25, 0.3) is 0 Å². The predicted molar refractivity (Wildman–Crippen MR) is 63.6 cm³/mol. The third-order valence-electron chi connectivity index (χ3n) is 5.05. The van der Waals surface area contributed by atoms with Crippen LogP contribution < -0.4 is 0 Å². The summed E-state index contributed by atoms with van der Waals surface area (Å²) < 4.78 is 0. The number of hydrogen-bond donors (Lipinski definition) is 1. The van der Waals surface area contributed by atoms with Crippen LogP contribution >= 0.6 is 0 Å². The maximum Gasteiger partial charge on any atom is 0.0714 e. The minimum absolute atomic E-state index is 0.275. The van der Waals surface area contributed by atoms with E-state index in [1.54, 1.807) is 0 Å². The highest BCUT2D eigenvalue weighted by molar-refractivity contribution is 5.13. The molecule has 0 saturated heterocycles. The molecule has 0 aromatic carbocycles. The van der Waals surface area contributed by atoms with Crippen LogP contribution in [0.1, 0.15) is 59.8 Å². The Labute approximate surface area is 94.3 Å². The standard InChI is InChI=1S/C14H26O/c1-10(13(2,3)4)9-14(15)11-7-5-6-8-12(11)14/h10-12,15H,5-9H2,1-4H3. The zero-order valence-electron chi connectivity index (χ0n) is 10.7. The summed E-state index contributed by atoms with van der Waals surface area (Å²) >= 11 is 0. The molecular formula is C14H26O. The van der Waals surface area contributed by atoms with Gasteiger partial charge in [-0.1, -0.05) is 40.5 Å². The van der Waals surface area contributed by atoms with Crippen LogP contribution in [0.15, 0.2) is 0 Å². The summed E-state index contributed by atoms with van der Waals surface area (Å²) in [6.07, 6.45) is 6.25. The van der Waals surface area contributed by atoms with Crippen molar-refractivity contribution in [3.8, 4) is 0 Å². The molecule has 0 radical (unpaired) electrons. The fraction of sp³-hybridized carbons (Fsp3) is 1.00. The van der Waals surface area contributed by atoms with Crippen molar-refractivity contribution in [2.75, 3.05) is 0 Å². The fourth-order valence-electron chi connectivity index (χ4n) is 3.32. The molecule has 2 fully saturated rings. The second kappa shape index (κ2) is 3.48. The van der Waals surface area contributed by atoms with Crippen LogP contribution in [0, 0.1) is 23.2 Å². The number of rotatable bonds is 2. The van der Waals surface area contributed by atoms with E-state index in [0.29, 0.717) is 23.2 Å². The highest BCUT2D eigenvalue weighted by Crippen LogP contribution is 2.62. The molecule has 0 aromatic heterocycles. The molecule has 3 atom stereocenters. The van der Waals surface area contributed by atoms with E-state index < -0.39 is 0 Å². The number of fused-ring (bicyclic) bond motifs is 1. The Kier molecular flexibility index (Phi) is 2.65. The van der Waals surface area contributed by atoms with Crippen LogP contribution in [0.3, 0.4) is 0 Å². The highest BCUT2D eigenvalue weighted by atomic mass is 16.3. The van der Waals surface area contributed by atoms with E-state index >= 15 is 0 Å². The molecule has 2 saturated carbocycles. The van der Waals surface area contributed by atoms with E-state index in [2.05, 4.69) is 27.7 Å². The minimum Gasteiger partial charge on any atom is -0.389 e. The molecule has 1 N–H and O–H groups in total. The van der Waals surface area contributed by atoms with Gasteiger partial charge >= 0.3 is 0 Å². The zero-order valence-corrected chi connectivity index (χ0v) is 10.7. The Morgan fingerprint density at radius 2 is 1.67 bits per heavy atom. The first-order chi connectivity index (χ1) is 6.86. The van der Waals surface area contributed by atoms with Gasteiger partial charge in [-0.05, 0) is 42.4 Å². The third kappa shape index (κ3) is 1.95. The van der Waals surface area contributed by atoms with Crippen molar-refractivity contribution in [3.63, 3.8) is 0 Å². The lowest BCUT2D eigenvalue weighted by Gasteiger charge is -2.29. The first kappa shape index (κ1) is 11.4. The average molecular weight is 210 g/mol. The van der Waals surface area contributed by atoms with Gasteiger partial charge in [0, 0.05) is 0 Å². The van der Waals surface area contributed by atoms with Gasteiger partial charge < -0.3 is 5.11 Å². The zero-order chi connectivity index (χ0) is 11.3. The van der Waals surface area contributed by atoms with Gasteiger partial charge in [0.2, 0.25) is 0 Å². The van der Waals surface area contributed by atoms with E-state index in [-0.39, 0.29) is 5.60 Å². The average Bonchev–Trinajstić information content (AvgIpc) is 2.72. The smallest absolute Gasteiger partial charge is 0.0714 e. The van der Waals surface area contributed by atoms with Gasteiger partial charge in [0.05, 0.1) is 5.60 Å². The summed E-state index contributed by atoms with van der Waals surface area (Å²) in [5.74, 6) is 1.92. The van der Waals surface area contributed by atoms with Crippen molar-refractivity contribution in [2.24, 2.45) is 23.2 Å². The summed E-state index contributed by atoms with van der Waals surface area (Å²) in [7, 11) is 0. The molecule has 88 valence electrons. The summed E-state index contributed by atoms with van der Waals surface area (Å²) in [6.45, 7) is 9.15. The highest BCUT2D eigenvalue weighted by Gasteiger charge is 2.63. The van der Waals surface area contributed by atoms with Crippen LogP contribution in [-0.2, 0) is 0 Å². The number of hydrogen-bond acceptors (Lipinski definition) is 1. The molecule has 2 aliphatic rings. The molecule has 0 amide bonds. The van der Waals surface area contributed by atoms with Gasteiger partial charge in [-0.15, -0.1) is 0 Å². The Morgan fingerprint density at radius 3 is 2.07 bits per heavy atom. The Morgan fingerprint density at radius 1 is 1.20 bits per heavy atom. The van der Waals surface area contributed by atoms with Crippen LogP contribution in [0.2, 0.25) is 0 Å². The minimum atomic E-state index is -0.275.